The standard InChI is InChI=1S/C28H40N2O6/c1-8-35-24-17-21(25(36-9-2)27(34-7)26(24)33-6)28(3,18-29)14-10-11-20(30)15-19-12-13-22(31-4)23(16-19)32-5/h12-13,16-17,20H,8-11,14-15,30H2,1-7H3. The molecule has 0 aromatic heterocycles. The molecule has 0 fully saturated rings. The first-order valence-corrected chi connectivity index (χ1v) is 12.2. The number of hydrogen-bond donors (Lipinski definition) is 1. The van der Waals surface area contributed by atoms with Gasteiger partial charge in [-0.15, -0.1) is 0 Å². The number of nitriles is 1. The molecule has 0 bridgehead atoms. The van der Waals surface area contributed by atoms with Gasteiger partial charge >= 0.3 is 0 Å². The van der Waals surface area contributed by atoms with Crippen molar-refractivity contribution in [3.63, 3.8) is 0 Å². The van der Waals surface area contributed by atoms with Crippen LogP contribution >= 0.6 is 0 Å². The van der Waals surface area contributed by atoms with E-state index in [9.17, 15) is 5.26 Å². The van der Waals surface area contributed by atoms with E-state index in [0.29, 0.717) is 66.1 Å². The Labute approximate surface area is 215 Å². The van der Waals surface area contributed by atoms with Crippen LogP contribution in [0.25, 0.3) is 0 Å². The number of methoxy groups -OCH3 is 4. The Morgan fingerprint density at radius 3 is 2.08 bits per heavy atom. The molecule has 0 heterocycles. The fraction of sp³-hybridized carbons (Fsp3) is 0.536. The SMILES string of the molecule is CCOc1cc(C(C)(C#N)CCCC(N)Cc2ccc(OC)c(OC)c2)c(OCC)c(OC)c1OC. The summed E-state index contributed by atoms with van der Waals surface area (Å²) in [5.41, 5.74) is 7.40. The summed E-state index contributed by atoms with van der Waals surface area (Å²) in [5.74, 6) is 3.25. The van der Waals surface area contributed by atoms with Gasteiger partial charge in [-0.25, -0.2) is 0 Å². The summed E-state index contributed by atoms with van der Waals surface area (Å²) in [7, 11) is 6.34. The summed E-state index contributed by atoms with van der Waals surface area (Å²) in [6, 6.07) is 10.1. The van der Waals surface area contributed by atoms with E-state index in [1.165, 1.54) is 0 Å². The maximum Gasteiger partial charge on any atom is 0.207 e. The molecule has 2 aromatic rings. The third kappa shape index (κ3) is 6.67. The lowest BCUT2D eigenvalue weighted by Gasteiger charge is -2.28. The van der Waals surface area contributed by atoms with Crippen molar-refractivity contribution in [1.82, 2.24) is 0 Å². The molecule has 0 amide bonds. The molecule has 0 spiro atoms. The lowest BCUT2D eigenvalue weighted by molar-refractivity contribution is 0.270. The molecular weight excluding hydrogens is 460 g/mol. The van der Waals surface area contributed by atoms with E-state index in [0.717, 1.165) is 18.4 Å². The first-order chi connectivity index (χ1) is 17.3. The van der Waals surface area contributed by atoms with Gasteiger partial charge in [0.2, 0.25) is 11.5 Å². The fourth-order valence-corrected chi connectivity index (χ4v) is 4.32. The molecule has 0 aliphatic carbocycles. The average molecular weight is 501 g/mol. The molecule has 2 N–H and O–H groups in total. The van der Waals surface area contributed by atoms with Gasteiger partial charge in [-0.1, -0.05) is 6.07 Å². The summed E-state index contributed by atoms with van der Waals surface area (Å²) < 4.78 is 33.7. The van der Waals surface area contributed by atoms with Gasteiger partial charge in [0.25, 0.3) is 0 Å². The van der Waals surface area contributed by atoms with E-state index in [4.69, 9.17) is 34.2 Å². The molecule has 0 aliphatic heterocycles. The Morgan fingerprint density at radius 1 is 0.861 bits per heavy atom. The van der Waals surface area contributed by atoms with Crippen molar-refractivity contribution in [3.05, 3.63) is 35.4 Å². The number of ether oxygens (including phenoxy) is 6. The first-order valence-electron chi connectivity index (χ1n) is 12.2. The number of hydrogen-bond acceptors (Lipinski definition) is 8. The van der Waals surface area contributed by atoms with Crippen LogP contribution in [0.15, 0.2) is 24.3 Å². The van der Waals surface area contributed by atoms with Gasteiger partial charge in [-0.05, 0) is 70.2 Å². The molecule has 2 aromatic carbocycles. The Morgan fingerprint density at radius 2 is 1.53 bits per heavy atom. The lowest BCUT2D eigenvalue weighted by Crippen LogP contribution is -2.26. The highest BCUT2D eigenvalue weighted by Crippen LogP contribution is 2.51. The predicted molar refractivity (Wildman–Crippen MR) is 140 cm³/mol. The van der Waals surface area contributed by atoms with Crippen molar-refractivity contribution in [2.75, 3.05) is 41.7 Å². The van der Waals surface area contributed by atoms with Crippen LogP contribution in [0.1, 0.15) is 51.2 Å². The summed E-state index contributed by atoms with van der Waals surface area (Å²) in [6.45, 7) is 6.56. The van der Waals surface area contributed by atoms with E-state index < -0.39 is 5.41 Å². The summed E-state index contributed by atoms with van der Waals surface area (Å²) >= 11 is 0. The Balaban J connectivity index is 2.25. The predicted octanol–water partition coefficient (Wildman–Crippen LogP) is 5.04. The summed E-state index contributed by atoms with van der Waals surface area (Å²) in [5, 5.41) is 10.3. The Hall–Kier alpha value is -3.31. The lowest BCUT2D eigenvalue weighted by atomic mass is 9.78. The maximum atomic E-state index is 10.3. The molecule has 2 rings (SSSR count). The van der Waals surface area contributed by atoms with Crippen LogP contribution in [-0.2, 0) is 11.8 Å². The molecule has 0 saturated heterocycles. The monoisotopic (exact) mass is 500 g/mol. The van der Waals surface area contributed by atoms with Gasteiger partial charge in [0.15, 0.2) is 23.0 Å². The van der Waals surface area contributed by atoms with Crippen LogP contribution in [0, 0.1) is 11.3 Å². The van der Waals surface area contributed by atoms with Crippen LogP contribution in [0.2, 0.25) is 0 Å². The minimum atomic E-state index is -0.848. The van der Waals surface area contributed by atoms with Crippen molar-refractivity contribution in [2.24, 2.45) is 5.73 Å². The quantitative estimate of drug-likeness (QED) is 0.363. The van der Waals surface area contributed by atoms with Crippen LogP contribution in [0.4, 0.5) is 0 Å². The van der Waals surface area contributed by atoms with E-state index in [1.807, 2.05) is 45.0 Å². The van der Waals surface area contributed by atoms with Gasteiger partial charge in [-0.3, -0.25) is 0 Å². The number of nitrogens with zero attached hydrogens (tertiary/aromatic N) is 1. The normalized spacial score (nSPS) is 13.2. The summed E-state index contributed by atoms with van der Waals surface area (Å²) in [6.07, 6.45) is 2.78. The largest absolute Gasteiger partial charge is 0.493 e. The molecule has 2 unspecified atom stereocenters. The second kappa shape index (κ2) is 13.7. The van der Waals surface area contributed by atoms with Gasteiger partial charge in [0, 0.05) is 11.6 Å². The van der Waals surface area contributed by atoms with Gasteiger partial charge < -0.3 is 34.2 Å². The zero-order valence-electron chi connectivity index (χ0n) is 22.6. The number of benzene rings is 2. The topological polar surface area (TPSA) is 105 Å². The molecule has 0 radical (unpaired) electrons. The van der Waals surface area contributed by atoms with E-state index in [2.05, 4.69) is 6.07 Å². The molecule has 36 heavy (non-hydrogen) atoms. The third-order valence-corrected chi connectivity index (χ3v) is 6.19. The highest BCUT2D eigenvalue weighted by Gasteiger charge is 2.35. The molecule has 8 nitrogen and oxygen atoms in total. The minimum absolute atomic E-state index is 0.0678. The van der Waals surface area contributed by atoms with Crippen molar-refractivity contribution in [3.8, 4) is 40.6 Å². The second-order valence-corrected chi connectivity index (χ2v) is 8.67. The van der Waals surface area contributed by atoms with E-state index in [-0.39, 0.29) is 6.04 Å². The Kier molecular flexibility index (Phi) is 11.0. The number of rotatable bonds is 15. The average Bonchev–Trinajstić information content (AvgIpc) is 2.88. The zero-order chi connectivity index (χ0) is 26.7. The highest BCUT2D eigenvalue weighted by atomic mass is 16.5. The first kappa shape index (κ1) is 28.9. The number of nitrogens with two attached hydrogens (primary N) is 1. The third-order valence-electron chi connectivity index (χ3n) is 6.19. The zero-order valence-corrected chi connectivity index (χ0v) is 22.6. The molecule has 2 atom stereocenters. The maximum absolute atomic E-state index is 10.3. The van der Waals surface area contributed by atoms with Crippen LogP contribution in [0.5, 0.6) is 34.5 Å². The highest BCUT2D eigenvalue weighted by molar-refractivity contribution is 5.65. The summed E-state index contributed by atoms with van der Waals surface area (Å²) in [4.78, 5) is 0. The molecule has 198 valence electrons. The molecule has 8 heteroatoms. The molecule has 0 aliphatic rings. The van der Waals surface area contributed by atoms with Crippen LogP contribution < -0.4 is 34.2 Å². The van der Waals surface area contributed by atoms with E-state index >= 15 is 0 Å². The fourth-order valence-electron chi connectivity index (χ4n) is 4.32. The van der Waals surface area contributed by atoms with Gasteiger partial charge in [-0.2, -0.15) is 5.26 Å². The van der Waals surface area contributed by atoms with Gasteiger partial charge in [0.05, 0.1) is 53.1 Å². The smallest absolute Gasteiger partial charge is 0.207 e. The van der Waals surface area contributed by atoms with Crippen molar-refractivity contribution < 1.29 is 28.4 Å². The molecule has 0 saturated carbocycles. The van der Waals surface area contributed by atoms with Crippen molar-refractivity contribution in [2.45, 2.75) is 57.9 Å². The second-order valence-electron chi connectivity index (χ2n) is 8.67. The molecular formula is C28H40N2O6. The van der Waals surface area contributed by atoms with Crippen molar-refractivity contribution in [1.29, 1.82) is 5.26 Å². The Bertz CT molecular complexity index is 1040. The van der Waals surface area contributed by atoms with Crippen LogP contribution in [-0.4, -0.2) is 47.7 Å². The minimum Gasteiger partial charge on any atom is -0.493 e. The van der Waals surface area contributed by atoms with Gasteiger partial charge in [0.1, 0.15) is 0 Å². The van der Waals surface area contributed by atoms with Crippen LogP contribution in [0.3, 0.4) is 0 Å². The van der Waals surface area contributed by atoms with Crippen molar-refractivity contribution >= 4 is 0 Å². The van der Waals surface area contributed by atoms with E-state index in [1.54, 1.807) is 28.4 Å².